The van der Waals surface area contributed by atoms with Gasteiger partial charge in [-0.15, -0.1) is 17.0 Å². The molecule has 0 radical (unpaired) electrons. The van der Waals surface area contributed by atoms with Crippen LogP contribution in [0.5, 0.6) is 0 Å². The number of carboxylic acid groups (broad SMARTS) is 1. The van der Waals surface area contributed by atoms with Gasteiger partial charge in [-0.25, -0.2) is 9.98 Å². The number of esters is 1. The SMILES string of the molecule is C=CC1=C(C)C2=NC1=CC1=NC(=C(CC)/C1=C/[O-])C=c1[n-]c3c(c1C)C(=O)C(C(=O)OC)C=3C1=NC(=C2)C(C)C1CCC(=O)[O-].[H+].[Mg+2]. The molecule has 0 amide bonds. The molecule has 5 heterocycles. The molecule has 8 bridgehead atoms. The first-order valence-corrected chi connectivity index (χ1v) is 14.8. The van der Waals surface area contributed by atoms with Crippen LogP contribution in [0.15, 0.2) is 85.4 Å². The summed E-state index contributed by atoms with van der Waals surface area (Å²) in [6, 6.07) is 0. The predicted octanol–water partition coefficient (Wildman–Crippen LogP) is 0.939. The summed E-state index contributed by atoms with van der Waals surface area (Å²) in [5, 5.41) is 24.7. The van der Waals surface area contributed by atoms with E-state index in [4.69, 9.17) is 24.7 Å². The van der Waals surface area contributed by atoms with Crippen LogP contribution in [0, 0.1) is 24.7 Å². The number of aromatic nitrogens is 1. The average molecular weight is 629 g/mol. The van der Waals surface area contributed by atoms with E-state index in [-0.39, 0.29) is 43.2 Å². The number of aliphatic carboxylic acids is 1. The number of carbonyl (C=O) groups is 3. The first-order chi connectivity index (χ1) is 21.5. The number of fused-ring (bicyclic) bond motifs is 5. The van der Waals surface area contributed by atoms with Gasteiger partial charge in [0.05, 0.1) is 29.9 Å². The molecule has 6 rings (SSSR count). The maximum Gasteiger partial charge on any atom is 2.00 e. The third-order valence-electron chi connectivity index (χ3n) is 9.29. The van der Waals surface area contributed by atoms with Crippen molar-refractivity contribution < 1.29 is 30.8 Å². The molecule has 4 aliphatic heterocycles. The summed E-state index contributed by atoms with van der Waals surface area (Å²) in [6.07, 6.45) is 8.33. The van der Waals surface area contributed by atoms with Crippen molar-refractivity contribution in [2.45, 2.75) is 47.0 Å². The van der Waals surface area contributed by atoms with Gasteiger partial charge in [0.15, 0.2) is 5.78 Å². The maximum atomic E-state index is 14.0. The number of ether oxygens (including phenoxy) is 1. The summed E-state index contributed by atoms with van der Waals surface area (Å²) >= 11 is 0. The van der Waals surface area contributed by atoms with Gasteiger partial charge in [0.2, 0.25) is 0 Å². The zero-order valence-electron chi connectivity index (χ0n) is 27.4. The van der Waals surface area contributed by atoms with E-state index >= 15 is 0 Å². The van der Waals surface area contributed by atoms with E-state index in [9.17, 15) is 24.6 Å². The summed E-state index contributed by atoms with van der Waals surface area (Å²) in [6.45, 7) is 11.5. The number of carboxylic acids is 1. The van der Waals surface area contributed by atoms with E-state index in [1.54, 1.807) is 25.2 Å². The third kappa shape index (κ3) is 5.02. The van der Waals surface area contributed by atoms with E-state index in [0.29, 0.717) is 73.6 Å². The minimum absolute atomic E-state index is 0. The molecule has 0 saturated carbocycles. The summed E-state index contributed by atoms with van der Waals surface area (Å²) in [5.41, 5.74) is 7.25. The third-order valence-corrected chi connectivity index (χ3v) is 9.29. The Bertz CT molecular complexity index is 2020. The molecule has 3 unspecified atom stereocenters. The number of allylic oxidation sites excluding steroid dienone is 8. The van der Waals surface area contributed by atoms with Gasteiger partial charge in [-0.05, 0) is 67.6 Å². The Morgan fingerprint density at radius 1 is 1.15 bits per heavy atom. The molecule has 0 N–H and O–H groups in total. The molecule has 230 valence electrons. The minimum Gasteiger partial charge on any atom is -0.877 e. The van der Waals surface area contributed by atoms with Crippen LogP contribution in [-0.2, 0) is 14.3 Å². The van der Waals surface area contributed by atoms with Crippen molar-refractivity contribution in [3.8, 4) is 0 Å². The van der Waals surface area contributed by atoms with Crippen LogP contribution in [0.25, 0.3) is 11.6 Å². The minimum atomic E-state index is -1.29. The van der Waals surface area contributed by atoms with Crippen LogP contribution in [0.3, 0.4) is 0 Å². The second-order valence-electron chi connectivity index (χ2n) is 11.6. The van der Waals surface area contributed by atoms with Gasteiger partial charge in [0.1, 0.15) is 5.92 Å². The fourth-order valence-corrected chi connectivity index (χ4v) is 6.87. The number of aliphatic imine (C=N–C) groups is 3. The number of rotatable bonds is 6. The predicted molar refractivity (Wildman–Crippen MR) is 172 cm³/mol. The fraction of sp³-hybridized carbons (Fsp3) is 0.314. The van der Waals surface area contributed by atoms with Gasteiger partial charge in [0, 0.05) is 40.4 Å². The van der Waals surface area contributed by atoms with Crippen LogP contribution in [0.1, 0.15) is 57.4 Å². The first kappa shape index (κ1) is 33.0. The molecule has 1 aromatic heterocycles. The average Bonchev–Trinajstić information content (AvgIpc) is 3.76. The van der Waals surface area contributed by atoms with Crippen molar-refractivity contribution in [1.29, 1.82) is 0 Å². The summed E-state index contributed by atoms with van der Waals surface area (Å²) in [4.78, 5) is 58.3. The van der Waals surface area contributed by atoms with E-state index in [0.717, 1.165) is 23.0 Å². The van der Waals surface area contributed by atoms with E-state index in [1.807, 2.05) is 26.8 Å². The zero-order chi connectivity index (χ0) is 32.3. The molecule has 1 aromatic rings. The second-order valence-corrected chi connectivity index (χ2v) is 11.6. The number of nitrogens with zero attached hydrogens (tertiary/aromatic N) is 4. The van der Waals surface area contributed by atoms with Gasteiger partial charge in [-0.2, -0.15) is 0 Å². The Morgan fingerprint density at radius 2 is 1.89 bits per heavy atom. The smallest absolute Gasteiger partial charge is 0.877 e. The monoisotopic (exact) mass is 628 g/mol. The standard InChI is InChI=1S/C35H34N4O6.Mg/c1-7-18-15(3)22-11-23-16(4)20(9-10-28(41)42)32(38-23)30-31(35(44)45-6)34(43)29-17(5)24(39-33(29)30)12-26-19(8-2)21(14-40)27(37-26)13-25(18)36-22;/h7,11-14,16,20,31H,1,8-10H2,2-6H3,(H3,36,37,38,39,40,41,42,43);/q;+2/p-2. The largest absolute Gasteiger partial charge is 2.00 e. The van der Waals surface area contributed by atoms with Crippen molar-refractivity contribution >= 4 is 69.6 Å². The van der Waals surface area contributed by atoms with Gasteiger partial charge in [0.25, 0.3) is 0 Å². The summed E-state index contributed by atoms with van der Waals surface area (Å²) in [7, 11) is 1.22. The molecule has 3 atom stereocenters. The first-order valence-electron chi connectivity index (χ1n) is 14.8. The molecule has 0 spiro atoms. The number of Topliss-reactive ketones (excluding diaryl/α,β-unsaturated/α-hetero) is 1. The number of carbonyl (C=O) groups excluding carboxylic acids is 3. The van der Waals surface area contributed by atoms with E-state index in [1.165, 1.54) is 7.11 Å². The number of hydrogen-bond acceptors (Lipinski definition) is 9. The molecular formula is C35H32MgN4O6. The van der Waals surface area contributed by atoms with Crippen LogP contribution in [0.4, 0.5) is 0 Å². The second kappa shape index (κ2) is 12.4. The van der Waals surface area contributed by atoms with Gasteiger partial charge >= 0.3 is 30.4 Å². The van der Waals surface area contributed by atoms with Crippen molar-refractivity contribution in [3.63, 3.8) is 0 Å². The Labute approximate surface area is 283 Å². The van der Waals surface area contributed by atoms with Crippen molar-refractivity contribution in [3.05, 3.63) is 92.3 Å². The summed E-state index contributed by atoms with van der Waals surface area (Å²) in [5.74, 6) is -4.43. The van der Waals surface area contributed by atoms with Crippen molar-refractivity contribution in [1.82, 2.24) is 4.98 Å². The summed E-state index contributed by atoms with van der Waals surface area (Å²) < 4.78 is 5.08. The van der Waals surface area contributed by atoms with Crippen molar-refractivity contribution in [2.75, 3.05) is 7.11 Å². The molecule has 0 saturated heterocycles. The topological polar surface area (TPSA) is 158 Å². The Balaban J connectivity index is 0.00000250. The van der Waals surface area contributed by atoms with Crippen LogP contribution < -0.4 is 25.9 Å². The van der Waals surface area contributed by atoms with Gasteiger partial charge in [-0.1, -0.05) is 38.1 Å². The molecule has 0 aromatic carbocycles. The number of hydrogen-bond donors (Lipinski definition) is 0. The fourth-order valence-electron chi connectivity index (χ4n) is 6.87. The molecule has 46 heavy (non-hydrogen) atoms. The Morgan fingerprint density at radius 3 is 2.52 bits per heavy atom. The quantitative estimate of drug-likeness (QED) is 0.196. The van der Waals surface area contributed by atoms with Crippen LogP contribution in [0.2, 0.25) is 0 Å². The van der Waals surface area contributed by atoms with Crippen LogP contribution in [-0.4, -0.2) is 65.0 Å². The zero-order valence-corrected chi connectivity index (χ0v) is 27.8. The Kier molecular flexibility index (Phi) is 8.93. The number of ketones is 1. The van der Waals surface area contributed by atoms with E-state index in [2.05, 4.69) is 6.58 Å². The molecule has 11 heteroatoms. The van der Waals surface area contributed by atoms with Crippen molar-refractivity contribution in [2.24, 2.45) is 32.7 Å². The molecule has 10 nitrogen and oxygen atoms in total. The molecular weight excluding hydrogens is 597 g/mol. The van der Waals surface area contributed by atoms with E-state index < -0.39 is 29.6 Å². The van der Waals surface area contributed by atoms with Crippen LogP contribution >= 0.6 is 0 Å². The normalized spacial score (nSPS) is 23.9. The number of methoxy groups -OCH3 is 1. The molecule has 0 fully saturated rings. The van der Waals surface area contributed by atoms with Gasteiger partial charge < -0.3 is 24.7 Å². The molecule has 1 aliphatic carbocycles. The molecule has 5 aliphatic rings. The Hall–Kier alpha value is -4.35. The maximum absolute atomic E-state index is 14.0. The van der Waals surface area contributed by atoms with Gasteiger partial charge in [-0.3, -0.25) is 14.6 Å².